The molecule has 0 radical (unpaired) electrons. The van der Waals surface area contributed by atoms with Gasteiger partial charge in [-0.3, -0.25) is 4.79 Å². The molecule has 1 aromatic rings. The Bertz CT molecular complexity index is 433. The minimum atomic E-state index is 0.00465. The molecule has 4 heteroatoms. The summed E-state index contributed by atoms with van der Waals surface area (Å²) < 4.78 is 0. The van der Waals surface area contributed by atoms with E-state index in [-0.39, 0.29) is 5.91 Å². The molecule has 1 amide bonds. The van der Waals surface area contributed by atoms with Crippen LogP contribution in [0.3, 0.4) is 0 Å². The molecule has 0 aromatic heterocycles. The molecule has 0 aliphatic carbocycles. The fourth-order valence-corrected chi connectivity index (χ4v) is 2.84. The van der Waals surface area contributed by atoms with Crippen molar-refractivity contribution in [1.82, 2.24) is 10.2 Å². The zero-order valence-corrected chi connectivity index (χ0v) is 13.0. The summed E-state index contributed by atoms with van der Waals surface area (Å²) >= 11 is 4.22. The van der Waals surface area contributed by atoms with Crippen molar-refractivity contribution in [1.29, 1.82) is 0 Å². The number of likely N-dealkylation sites (tertiary alicyclic amines) is 1. The minimum absolute atomic E-state index is 0.00465. The summed E-state index contributed by atoms with van der Waals surface area (Å²) in [6, 6.07) is 8.00. The normalized spacial score (nSPS) is 19.8. The first-order chi connectivity index (χ1) is 9.66. The van der Waals surface area contributed by atoms with E-state index in [2.05, 4.69) is 29.8 Å². The lowest BCUT2D eigenvalue weighted by Gasteiger charge is -2.33. The lowest BCUT2D eigenvalue weighted by atomic mass is 10.0. The van der Waals surface area contributed by atoms with E-state index in [4.69, 9.17) is 0 Å². The molecule has 1 fully saturated rings. The highest BCUT2D eigenvalue weighted by molar-refractivity contribution is 7.80. The third-order valence-corrected chi connectivity index (χ3v) is 4.28. The number of nitrogens with zero attached hydrogens (tertiary/aromatic N) is 1. The van der Waals surface area contributed by atoms with Crippen molar-refractivity contribution in [3.05, 3.63) is 29.8 Å². The van der Waals surface area contributed by atoms with Crippen molar-refractivity contribution in [3.63, 3.8) is 0 Å². The topological polar surface area (TPSA) is 32.3 Å². The van der Waals surface area contributed by atoms with Gasteiger partial charge in [0.05, 0.1) is 0 Å². The monoisotopic (exact) mass is 292 g/mol. The van der Waals surface area contributed by atoms with Gasteiger partial charge in [0.15, 0.2) is 0 Å². The van der Waals surface area contributed by atoms with Gasteiger partial charge in [-0.25, -0.2) is 0 Å². The van der Waals surface area contributed by atoms with Crippen LogP contribution in [0.25, 0.3) is 0 Å². The predicted molar refractivity (Wildman–Crippen MR) is 85.5 cm³/mol. The number of benzene rings is 1. The Morgan fingerprint density at radius 2 is 2.10 bits per heavy atom. The van der Waals surface area contributed by atoms with Gasteiger partial charge in [0, 0.05) is 29.6 Å². The molecule has 0 bridgehead atoms. The number of amides is 1. The van der Waals surface area contributed by atoms with E-state index in [0.717, 1.165) is 24.4 Å². The summed E-state index contributed by atoms with van der Waals surface area (Å²) in [6.45, 7) is 5.33. The van der Waals surface area contributed by atoms with E-state index in [0.29, 0.717) is 11.6 Å². The summed E-state index contributed by atoms with van der Waals surface area (Å²) in [5, 5.41) is 2.98. The maximum Gasteiger partial charge on any atom is 0.251 e. The molecule has 1 aromatic carbocycles. The van der Waals surface area contributed by atoms with Gasteiger partial charge in [-0.1, -0.05) is 6.42 Å². The Hall–Kier alpha value is -1.00. The lowest BCUT2D eigenvalue weighted by molar-refractivity contribution is 0.0949. The minimum Gasteiger partial charge on any atom is -0.352 e. The first-order valence-electron chi connectivity index (χ1n) is 7.48. The predicted octanol–water partition coefficient (Wildman–Crippen LogP) is 2.97. The maximum absolute atomic E-state index is 11.9. The van der Waals surface area contributed by atoms with Crippen molar-refractivity contribution in [2.75, 3.05) is 19.6 Å². The Morgan fingerprint density at radius 3 is 2.80 bits per heavy atom. The third kappa shape index (κ3) is 4.53. The zero-order chi connectivity index (χ0) is 14.4. The number of rotatable bonds is 5. The van der Waals surface area contributed by atoms with E-state index < -0.39 is 0 Å². The van der Waals surface area contributed by atoms with Crippen molar-refractivity contribution in [2.45, 2.75) is 43.5 Å². The van der Waals surface area contributed by atoms with Crippen LogP contribution in [-0.4, -0.2) is 36.5 Å². The largest absolute Gasteiger partial charge is 0.352 e. The second-order valence-corrected chi connectivity index (χ2v) is 6.05. The van der Waals surface area contributed by atoms with Gasteiger partial charge in [-0.15, -0.1) is 12.6 Å². The molecule has 0 spiro atoms. The van der Waals surface area contributed by atoms with Gasteiger partial charge in [-0.2, -0.15) is 0 Å². The molecule has 1 aliphatic rings. The Kier molecular flexibility index (Phi) is 5.92. The van der Waals surface area contributed by atoms with E-state index in [9.17, 15) is 4.79 Å². The first-order valence-corrected chi connectivity index (χ1v) is 7.93. The molecular weight excluding hydrogens is 268 g/mol. The smallest absolute Gasteiger partial charge is 0.251 e. The average Bonchev–Trinajstić information content (AvgIpc) is 2.46. The molecule has 1 saturated heterocycles. The van der Waals surface area contributed by atoms with E-state index in [1.165, 1.54) is 25.8 Å². The van der Waals surface area contributed by atoms with Crippen LogP contribution in [0.4, 0.5) is 0 Å². The van der Waals surface area contributed by atoms with Crippen LogP contribution in [0.2, 0.25) is 0 Å². The summed E-state index contributed by atoms with van der Waals surface area (Å²) in [7, 11) is 0. The zero-order valence-electron chi connectivity index (χ0n) is 12.1. The van der Waals surface area contributed by atoms with Gasteiger partial charge in [0.1, 0.15) is 0 Å². The van der Waals surface area contributed by atoms with Crippen molar-refractivity contribution < 1.29 is 4.79 Å². The van der Waals surface area contributed by atoms with Crippen LogP contribution in [0.15, 0.2) is 29.2 Å². The summed E-state index contributed by atoms with van der Waals surface area (Å²) in [5.74, 6) is 0.00465. The standard InChI is InChI=1S/C16H24N2OS/c1-13-5-2-3-11-18(13)12-4-10-17-16(19)14-6-8-15(20)9-7-14/h6-9,13,20H,2-5,10-12H2,1H3,(H,17,19). The molecule has 1 heterocycles. The Labute approximate surface area is 127 Å². The molecule has 1 atom stereocenters. The van der Waals surface area contributed by atoms with Crippen LogP contribution in [0.1, 0.15) is 43.0 Å². The molecule has 3 nitrogen and oxygen atoms in total. The van der Waals surface area contributed by atoms with Crippen molar-refractivity contribution in [2.24, 2.45) is 0 Å². The second-order valence-electron chi connectivity index (χ2n) is 5.54. The second kappa shape index (κ2) is 7.70. The number of carbonyl (C=O) groups is 1. The van der Waals surface area contributed by atoms with Crippen LogP contribution < -0.4 is 5.32 Å². The van der Waals surface area contributed by atoms with Crippen LogP contribution in [0, 0.1) is 0 Å². The molecule has 20 heavy (non-hydrogen) atoms. The third-order valence-electron chi connectivity index (χ3n) is 3.98. The number of nitrogens with one attached hydrogen (secondary N) is 1. The fraction of sp³-hybridized carbons (Fsp3) is 0.562. The molecule has 1 aliphatic heterocycles. The van der Waals surface area contributed by atoms with Gasteiger partial charge >= 0.3 is 0 Å². The number of thiol groups is 1. The number of piperidine rings is 1. The SMILES string of the molecule is CC1CCCCN1CCCNC(=O)c1ccc(S)cc1. The van der Waals surface area contributed by atoms with Gasteiger partial charge < -0.3 is 10.2 Å². The van der Waals surface area contributed by atoms with Crippen LogP contribution in [0.5, 0.6) is 0 Å². The van der Waals surface area contributed by atoms with Crippen LogP contribution >= 0.6 is 12.6 Å². The molecule has 2 rings (SSSR count). The quantitative estimate of drug-likeness (QED) is 0.646. The summed E-state index contributed by atoms with van der Waals surface area (Å²) in [6.07, 6.45) is 4.99. The summed E-state index contributed by atoms with van der Waals surface area (Å²) in [5.41, 5.74) is 0.703. The number of hydrogen-bond donors (Lipinski definition) is 2. The summed E-state index contributed by atoms with van der Waals surface area (Å²) in [4.78, 5) is 15.3. The van der Waals surface area contributed by atoms with E-state index in [1.807, 2.05) is 24.3 Å². The lowest BCUT2D eigenvalue weighted by Crippen LogP contribution is -2.39. The van der Waals surface area contributed by atoms with Crippen molar-refractivity contribution in [3.8, 4) is 0 Å². The Balaban J connectivity index is 1.67. The van der Waals surface area contributed by atoms with Crippen LogP contribution in [-0.2, 0) is 0 Å². The fourth-order valence-electron chi connectivity index (χ4n) is 2.69. The number of hydrogen-bond acceptors (Lipinski definition) is 3. The highest BCUT2D eigenvalue weighted by Crippen LogP contribution is 2.16. The van der Waals surface area contributed by atoms with Gasteiger partial charge in [0.2, 0.25) is 0 Å². The van der Waals surface area contributed by atoms with E-state index >= 15 is 0 Å². The molecule has 0 saturated carbocycles. The average molecular weight is 292 g/mol. The van der Waals surface area contributed by atoms with E-state index in [1.54, 1.807) is 0 Å². The van der Waals surface area contributed by atoms with Gasteiger partial charge in [0.25, 0.3) is 5.91 Å². The van der Waals surface area contributed by atoms with Crippen molar-refractivity contribution >= 4 is 18.5 Å². The molecule has 110 valence electrons. The highest BCUT2D eigenvalue weighted by Gasteiger charge is 2.17. The van der Waals surface area contributed by atoms with Gasteiger partial charge in [-0.05, 0) is 57.0 Å². The maximum atomic E-state index is 11.9. The molecular formula is C16H24N2OS. The first kappa shape index (κ1) is 15.4. The highest BCUT2D eigenvalue weighted by atomic mass is 32.1. The Morgan fingerprint density at radius 1 is 1.35 bits per heavy atom. The molecule has 1 N–H and O–H groups in total. The number of carbonyl (C=O) groups excluding carboxylic acids is 1. The molecule has 1 unspecified atom stereocenters.